The Kier molecular flexibility index (Phi) is 4.88. The molecule has 162 valence electrons. The zero-order valence-corrected chi connectivity index (χ0v) is 18.9. The van der Waals surface area contributed by atoms with Crippen molar-refractivity contribution in [2.45, 2.75) is 37.6 Å². The number of halogens is 1. The minimum absolute atomic E-state index is 0.0102. The van der Waals surface area contributed by atoms with E-state index in [1.54, 1.807) is 17.5 Å². The van der Waals surface area contributed by atoms with E-state index in [9.17, 15) is 4.79 Å². The number of carbonyl (C=O) groups is 1. The first kappa shape index (κ1) is 19.8. The largest absolute Gasteiger partial charge is 0.379 e. The summed E-state index contributed by atoms with van der Waals surface area (Å²) in [6.07, 6.45) is 9.41. The van der Waals surface area contributed by atoms with E-state index in [1.165, 1.54) is 23.3 Å². The highest BCUT2D eigenvalue weighted by molar-refractivity contribution is 7.10. The third-order valence-electron chi connectivity index (χ3n) is 6.14. The molecule has 32 heavy (non-hydrogen) atoms. The Morgan fingerprint density at radius 1 is 1.22 bits per heavy atom. The van der Waals surface area contributed by atoms with E-state index < -0.39 is 0 Å². The van der Waals surface area contributed by atoms with Crippen molar-refractivity contribution in [3.8, 4) is 0 Å². The third-order valence-corrected chi connectivity index (χ3v) is 7.55. The fourth-order valence-electron chi connectivity index (χ4n) is 4.15. The Hall–Kier alpha value is -2.90. The maximum absolute atomic E-state index is 12.6. The van der Waals surface area contributed by atoms with Gasteiger partial charge in [0.25, 0.3) is 0 Å². The molecule has 0 aliphatic heterocycles. The van der Waals surface area contributed by atoms with Gasteiger partial charge in [0.1, 0.15) is 11.5 Å². The Labute approximate surface area is 194 Å². The van der Waals surface area contributed by atoms with Crippen molar-refractivity contribution in [1.29, 1.82) is 0 Å². The number of hydrogen-bond acceptors (Lipinski definition) is 5. The average molecular weight is 464 g/mol. The normalized spacial score (nSPS) is 19.8. The van der Waals surface area contributed by atoms with Crippen LogP contribution in [-0.4, -0.2) is 20.3 Å². The van der Waals surface area contributed by atoms with Gasteiger partial charge in [0.15, 0.2) is 0 Å². The van der Waals surface area contributed by atoms with Gasteiger partial charge in [-0.15, -0.1) is 11.3 Å². The molecule has 2 aliphatic rings. The number of carbonyl (C=O) groups excluding carboxylic acids is 1. The Bertz CT molecular complexity index is 1310. The molecule has 2 fully saturated rings. The summed E-state index contributed by atoms with van der Waals surface area (Å²) in [5.74, 6) is 1.55. The maximum atomic E-state index is 12.6. The maximum Gasteiger partial charge on any atom is 0.229 e. The van der Waals surface area contributed by atoms with E-state index in [0.717, 1.165) is 34.4 Å². The molecule has 0 saturated heterocycles. The van der Waals surface area contributed by atoms with Crippen LogP contribution in [0.3, 0.4) is 0 Å². The molecule has 0 radical (unpaired) electrons. The summed E-state index contributed by atoms with van der Waals surface area (Å²) in [5, 5.41) is 9.00. The number of aromatic nitrogens is 3. The molecule has 0 unspecified atom stereocenters. The fourth-order valence-corrected chi connectivity index (χ4v) is 5.41. The zero-order chi connectivity index (χ0) is 21.7. The van der Waals surface area contributed by atoms with Crippen LogP contribution in [0.25, 0.3) is 5.65 Å². The third kappa shape index (κ3) is 4.10. The highest BCUT2D eigenvalue weighted by Crippen LogP contribution is 2.50. The van der Waals surface area contributed by atoms with E-state index in [1.807, 2.05) is 23.6 Å². The van der Waals surface area contributed by atoms with Gasteiger partial charge in [0.05, 0.1) is 17.3 Å². The molecule has 1 amide bonds. The molecule has 2 N–H and O–H groups in total. The minimum atomic E-state index is -0.0124. The first-order valence-electron chi connectivity index (χ1n) is 10.8. The zero-order valence-electron chi connectivity index (χ0n) is 17.3. The molecule has 6 nitrogen and oxygen atoms in total. The van der Waals surface area contributed by atoms with Gasteiger partial charge in [-0.2, -0.15) is 0 Å². The second kappa shape index (κ2) is 7.90. The Morgan fingerprint density at radius 2 is 2.12 bits per heavy atom. The lowest BCUT2D eigenvalue weighted by molar-refractivity contribution is -0.117. The number of hydrogen-bond donors (Lipinski definition) is 2. The van der Waals surface area contributed by atoms with Crippen LogP contribution in [0.4, 0.5) is 11.5 Å². The van der Waals surface area contributed by atoms with Gasteiger partial charge in [-0.1, -0.05) is 17.7 Å². The summed E-state index contributed by atoms with van der Waals surface area (Å²) in [6, 6.07) is 9.99. The van der Waals surface area contributed by atoms with Crippen LogP contribution in [0, 0.1) is 5.92 Å². The lowest BCUT2D eigenvalue weighted by atomic mass is 10.2. The average Bonchev–Trinajstić information content (AvgIpc) is 3.71. The topological polar surface area (TPSA) is 71.3 Å². The molecular weight excluding hydrogens is 442 g/mol. The van der Waals surface area contributed by atoms with Crippen LogP contribution in [-0.2, 0) is 11.3 Å². The Balaban J connectivity index is 1.08. The van der Waals surface area contributed by atoms with E-state index in [4.69, 9.17) is 16.6 Å². The van der Waals surface area contributed by atoms with Crippen LogP contribution >= 0.6 is 22.9 Å². The monoisotopic (exact) mass is 463 g/mol. The van der Waals surface area contributed by atoms with Crippen molar-refractivity contribution in [2.24, 2.45) is 5.92 Å². The van der Waals surface area contributed by atoms with Crippen molar-refractivity contribution >= 4 is 46.0 Å². The second-order valence-corrected chi connectivity index (χ2v) is 10.0. The Morgan fingerprint density at radius 3 is 2.94 bits per heavy atom. The number of thiophene rings is 1. The fraction of sp³-hybridized carbons (Fsp3) is 0.292. The van der Waals surface area contributed by atoms with E-state index in [2.05, 4.69) is 44.5 Å². The first-order chi connectivity index (χ1) is 15.6. The smallest absolute Gasteiger partial charge is 0.229 e. The van der Waals surface area contributed by atoms with Gasteiger partial charge in [-0.25, -0.2) is 9.97 Å². The summed E-state index contributed by atoms with van der Waals surface area (Å²) >= 11 is 7.63. The highest BCUT2D eigenvalue weighted by atomic mass is 35.5. The van der Waals surface area contributed by atoms with Crippen molar-refractivity contribution in [3.63, 3.8) is 0 Å². The molecule has 0 spiro atoms. The quantitative estimate of drug-likeness (QED) is 0.370. The van der Waals surface area contributed by atoms with E-state index >= 15 is 0 Å². The molecule has 4 aromatic heterocycles. The van der Waals surface area contributed by atoms with Crippen molar-refractivity contribution in [2.75, 3.05) is 10.6 Å². The number of rotatable bonds is 7. The van der Waals surface area contributed by atoms with E-state index in [0.29, 0.717) is 12.4 Å². The molecule has 4 aromatic rings. The molecule has 0 aromatic carbocycles. The van der Waals surface area contributed by atoms with Gasteiger partial charge in [-0.3, -0.25) is 4.79 Å². The molecule has 2 atom stereocenters. The number of nitrogens with one attached hydrogen (secondary N) is 2. The number of fused-ring (bicyclic) bond motifs is 1. The summed E-state index contributed by atoms with van der Waals surface area (Å²) in [4.78, 5) is 22.8. The number of pyridine rings is 2. The van der Waals surface area contributed by atoms with Crippen LogP contribution in [0.2, 0.25) is 5.02 Å². The standard InChI is InChI=1S/C24H22ClN5OS/c25-16-7-21(32-13-16)19-9-20(19)24(31)29-22-8-17(5-6-26-22)27-10-18-12-30-11-15(14-1-2-14)3-4-23(30)28-18/h3-8,11-14,19-20H,1-2,9-10H2,(H2,26,27,29,31)/t19-,20-/m0/s1. The predicted octanol–water partition coefficient (Wildman–Crippen LogP) is 5.68. The summed E-state index contributed by atoms with van der Waals surface area (Å²) in [7, 11) is 0. The van der Waals surface area contributed by atoms with Crippen molar-refractivity contribution in [3.05, 3.63) is 75.5 Å². The number of nitrogens with zero attached hydrogens (tertiary/aromatic N) is 3. The summed E-state index contributed by atoms with van der Waals surface area (Å²) in [5.41, 5.74) is 4.21. The minimum Gasteiger partial charge on any atom is -0.379 e. The van der Waals surface area contributed by atoms with Crippen molar-refractivity contribution in [1.82, 2.24) is 14.4 Å². The SMILES string of the molecule is O=C(Nc1cc(NCc2cn3cc(C4CC4)ccc3n2)ccn1)[C@H]1C[C@@H]1c1cc(Cl)cs1. The molecule has 6 rings (SSSR count). The van der Waals surface area contributed by atoms with Crippen LogP contribution in [0.1, 0.15) is 47.2 Å². The van der Waals surface area contributed by atoms with E-state index in [-0.39, 0.29) is 17.7 Å². The molecule has 2 aliphatic carbocycles. The summed E-state index contributed by atoms with van der Waals surface area (Å²) < 4.78 is 2.11. The van der Waals surface area contributed by atoms with Crippen LogP contribution in [0.5, 0.6) is 0 Å². The van der Waals surface area contributed by atoms with Gasteiger partial charge in [0, 0.05) is 52.4 Å². The van der Waals surface area contributed by atoms with Gasteiger partial charge >= 0.3 is 0 Å². The molecule has 2 saturated carbocycles. The highest BCUT2D eigenvalue weighted by Gasteiger charge is 2.44. The van der Waals surface area contributed by atoms with Gasteiger partial charge in [0.2, 0.25) is 5.91 Å². The molecule has 0 bridgehead atoms. The van der Waals surface area contributed by atoms with Crippen LogP contribution < -0.4 is 10.6 Å². The van der Waals surface area contributed by atoms with Crippen LogP contribution in [0.15, 0.2) is 54.3 Å². The number of anilines is 2. The number of amides is 1. The lowest BCUT2D eigenvalue weighted by Crippen LogP contribution is -2.15. The molecular formula is C24H22ClN5OS. The predicted molar refractivity (Wildman–Crippen MR) is 128 cm³/mol. The van der Waals surface area contributed by atoms with Gasteiger partial charge in [-0.05, 0) is 48.9 Å². The molecule has 4 heterocycles. The molecule has 8 heteroatoms. The van der Waals surface area contributed by atoms with Crippen molar-refractivity contribution < 1.29 is 4.79 Å². The lowest BCUT2D eigenvalue weighted by Gasteiger charge is -2.08. The summed E-state index contributed by atoms with van der Waals surface area (Å²) in [6.45, 7) is 0.599. The second-order valence-electron chi connectivity index (χ2n) is 8.62. The van der Waals surface area contributed by atoms with Gasteiger partial charge < -0.3 is 15.0 Å². The first-order valence-corrected chi connectivity index (χ1v) is 12.1. The number of imidazole rings is 1.